The van der Waals surface area contributed by atoms with Crippen LogP contribution in [0.15, 0.2) is 24.3 Å². The number of carbonyl (C=O) groups is 1. The highest BCUT2D eigenvalue weighted by Crippen LogP contribution is 2.21. The van der Waals surface area contributed by atoms with Crippen LogP contribution in [0.25, 0.3) is 0 Å². The van der Waals surface area contributed by atoms with E-state index in [1.54, 1.807) is 7.11 Å². The van der Waals surface area contributed by atoms with Crippen molar-refractivity contribution in [1.29, 1.82) is 0 Å². The Balaban J connectivity index is 2.69. The van der Waals surface area contributed by atoms with Crippen molar-refractivity contribution in [2.24, 2.45) is 0 Å². The maximum atomic E-state index is 10.6. The second kappa shape index (κ2) is 4.35. The normalized spacial score (nSPS) is 9.08. The first-order chi connectivity index (χ1) is 6.24. The van der Waals surface area contributed by atoms with Gasteiger partial charge in [-0.15, -0.1) is 0 Å². The molecule has 0 radical (unpaired) electrons. The summed E-state index contributed by atoms with van der Waals surface area (Å²) in [6.07, 6.45) is 0. The number of benzene rings is 1. The van der Waals surface area contributed by atoms with Gasteiger partial charge in [0.25, 0.3) is 0 Å². The molecule has 1 aromatic carbocycles. The van der Waals surface area contributed by atoms with Crippen LogP contribution in [0.1, 0.15) is 6.92 Å². The lowest BCUT2D eigenvalue weighted by molar-refractivity contribution is -0.118. The highest BCUT2D eigenvalue weighted by molar-refractivity contribution is 5.75. The van der Waals surface area contributed by atoms with Gasteiger partial charge in [-0.3, -0.25) is 15.6 Å². The predicted molar refractivity (Wildman–Crippen MR) is 50.4 cm³/mol. The average molecular weight is 180 g/mol. The number of methoxy groups -OCH3 is 1. The largest absolute Gasteiger partial charge is 0.495 e. The lowest BCUT2D eigenvalue weighted by atomic mass is 10.3. The zero-order valence-corrected chi connectivity index (χ0v) is 7.63. The van der Waals surface area contributed by atoms with E-state index in [2.05, 4.69) is 10.9 Å². The monoisotopic (exact) mass is 180 g/mol. The summed E-state index contributed by atoms with van der Waals surface area (Å²) in [6.45, 7) is 1.43. The van der Waals surface area contributed by atoms with E-state index in [1.807, 2.05) is 24.3 Å². The lowest BCUT2D eigenvalue weighted by Crippen LogP contribution is -2.26. The van der Waals surface area contributed by atoms with Gasteiger partial charge in [0.05, 0.1) is 12.8 Å². The van der Waals surface area contributed by atoms with Crippen LogP contribution in [-0.4, -0.2) is 13.0 Å². The van der Waals surface area contributed by atoms with Crippen LogP contribution in [0.3, 0.4) is 0 Å². The molecule has 0 aromatic heterocycles. The number of nitrogens with one attached hydrogen (secondary N) is 2. The molecule has 0 heterocycles. The molecule has 0 atom stereocenters. The fourth-order valence-corrected chi connectivity index (χ4v) is 0.903. The standard InChI is InChI=1S/C9H12N2O2/c1-7(12)10-11-8-5-3-4-6-9(8)13-2/h3-6,11H,1-2H3,(H,10,12). The second-order valence-corrected chi connectivity index (χ2v) is 2.51. The van der Waals surface area contributed by atoms with Crippen LogP contribution < -0.4 is 15.6 Å². The zero-order valence-electron chi connectivity index (χ0n) is 7.63. The molecular weight excluding hydrogens is 168 g/mol. The van der Waals surface area contributed by atoms with Gasteiger partial charge in [0, 0.05) is 6.92 Å². The Bertz CT molecular complexity index is 299. The van der Waals surface area contributed by atoms with Gasteiger partial charge in [-0.25, -0.2) is 0 Å². The molecule has 0 saturated carbocycles. The smallest absolute Gasteiger partial charge is 0.235 e. The Labute approximate surface area is 76.9 Å². The maximum Gasteiger partial charge on any atom is 0.235 e. The molecule has 1 aromatic rings. The summed E-state index contributed by atoms with van der Waals surface area (Å²) < 4.78 is 5.06. The third-order valence-corrected chi connectivity index (χ3v) is 1.48. The molecule has 0 spiro atoms. The molecule has 1 rings (SSSR count). The molecule has 0 bridgehead atoms. The minimum absolute atomic E-state index is 0.147. The topological polar surface area (TPSA) is 50.4 Å². The van der Waals surface area contributed by atoms with E-state index in [1.165, 1.54) is 6.92 Å². The van der Waals surface area contributed by atoms with Crippen molar-refractivity contribution in [3.63, 3.8) is 0 Å². The van der Waals surface area contributed by atoms with Crippen LogP contribution in [-0.2, 0) is 4.79 Å². The molecule has 0 fully saturated rings. The van der Waals surface area contributed by atoms with Crippen molar-refractivity contribution < 1.29 is 9.53 Å². The molecule has 2 N–H and O–H groups in total. The molecule has 4 nitrogen and oxygen atoms in total. The Hall–Kier alpha value is -1.71. The zero-order chi connectivity index (χ0) is 9.68. The predicted octanol–water partition coefficient (Wildman–Crippen LogP) is 1.16. The number of hydrazine groups is 1. The molecule has 0 saturated heterocycles. The van der Waals surface area contributed by atoms with Gasteiger partial charge in [0.2, 0.25) is 5.91 Å². The summed E-state index contributed by atoms with van der Waals surface area (Å²) in [6, 6.07) is 7.34. The molecule has 13 heavy (non-hydrogen) atoms. The summed E-state index contributed by atoms with van der Waals surface area (Å²) in [5, 5.41) is 0. The molecule has 0 aliphatic rings. The summed E-state index contributed by atoms with van der Waals surface area (Å²) in [7, 11) is 1.58. The molecular formula is C9H12N2O2. The first-order valence-corrected chi connectivity index (χ1v) is 3.89. The van der Waals surface area contributed by atoms with Crippen LogP contribution in [0.4, 0.5) is 5.69 Å². The van der Waals surface area contributed by atoms with Gasteiger partial charge in [-0.2, -0.15) is 0 Å². The average Bonchev–Trinajstić information content (AvgIpc) is 2.15. The maximum absolute atomic E-state index is 10.6. The van der Waals surface area contributed by atoms with Crippen LogP contribution >= 0.6 is 0 Å². The van der Waals surface area contributed by atoms with E-state index in [9.17, 15) is 4.79 Å². The van der Waals surface area contributed by atoms with Crippen molar-refractivity contribution in [3.05, 3.63) is 24.3 Å². The van der Waals surface area contributed by atoms with Crippen LogP contribution in [0.2, 0.25) is 0 Å². The van der Waals surface area contributed by atoms with E-state index in [-0.39, 0.29) is 5.91 Å². The minimum atomic E-state index is -0.147. The van der Waals surface area contributed by atoms with Gasteiger partial charge >= 0.3 is 0 Å². The number of hydrogen-bond donors (Lipinski definition) is 2. The van der Waals surface area contributed by atoms with Crippen molar-refractivity contribution in [3.8, 4) is 5.75 Å². The fraction of sp³-hybridized carbons (Fsp3) is 0.222. The van der Waals surface area contributed by atoms with E-state index < -0.39 is 0 Å². The lowest BCUT2D eigenvalue weighted by Gasteiger charge is -2.10. The highest BCUT2D eigenvalue weighted by Gasteiger charge is 1.99. The highest BCUT2D eigenvalue weighted by atomic mass is 16.5. The van der Waals surface area contributed by atoms with Crippen LogP contribution in [0, 0.1) is 0 Å². The second-order valence-electron chi connectivity index (χ2n) is 2.51. The van der Waals surface area contributed by atoms with Gasteiger partial charge < -0.3 is 4.74 Å². The van der Waals surface area contributed by atoms with Crippen molar-refractivity contribution in [1.82, 2.24) is 5.43 Å². The third-order valence-electron chi connectivity index (χ3n) is 1.48. The van der Waals surface area contributed by atoms with Crippen LogP contribution in [0.5, 0.6) is 5.75 Å². The number of hydrogen-bond acceptors (Lipinski definition) is 3. The number of carbonyl (C=O) groups excluding carboxylic acids is 1. The Morgan fingerprint density at radius 2 is 2.08 bits per heavy atom. The Morgan fingerprint density at radius 3 is 2.69 bits per heavy atom. The van der Waals surface area contributed by atoms with E-state index >= 15 is 0 Å². The van der Waals surface area contributed by atoms with E-state index in [4.69, 9.17) is 4.74 Å². The summed E-state index contributed by atoms with van der Waals surface area (Å²) >= 11 is 0. The van der Waals surface area contributed by atoms with Crippen molar-refractivity contribution in [2.75, 3.05) is 12.5 Å². The summed E-state index contributed by atoms with van der Waals surface area (Å²) in [5.74, 6) is 0.544. The first-order valence-electron chi connectivity index (χ1n) is 3.89. The SMILES string of the molecule is COc1ccccc1NNC(C)=O. The number of anilines is 1. The molecule has 1 amide bonds. The molecule has 4 heteroatoms. The number of ether oxygens (including phenoxy) is 1. The fourth-order valence-electron chi connectivity index (χ4n) is 0.903. The van der Waals surface area contributed by atoms with Gasteiger partial charge in [0.1, 0.15) is 5.75 Å². The van der Waals surface area contributed by atoms with Crippen molar-refractivity contribution in [2.45, 2.75) is 6.92 Å². The quantitative estimate of drug-likeness (QED) is 0.686. The molecule has 0 aliphatic carbocycles. The molecule has 0 unspecified atom stereocenters. The summed E-state index contributed by atoms with van der Waals surface area (Å²) in [5.41, 5.74) is 5.94. The molecule has 70 valence electrons. The number of rotatable bonds is 3. The minimum Gasteiger partial charge on any atom is -0.495 e. The first kappa shape index (κ1) is 9.38. The Kier molecular flexibility index (Phi) is 3.14. The number of amides is 1. The van der Waals surface area contributed by atoms with Gasteiger partial charge in [-0.1, -0.05) is 12.1 Å². The summed E-state index contributed by atoms with van der Waals surface area (Å²) in [4.78, 5) is 10.6. The third kappa shape index (κ3) is 2.66. The van der Waals surface area contributed by atoms with Crippen molar-refractivity contribution >= 4 is 11.6 Å². The number of para-hydroxylation sites is 2. The van der Waals surface area contributed by atoms with E-state index in [0.29, 0.717) is 5.75 Å². The van der Waals surface area contributed by atoms with Gasteiger partial charge in [0.15, 0.2) is 0 Å². The Morgan fingerprint density at radius 1 is 1.38 bits per heavy atom. The van der Waals surface area contributed by atoms with E-state index in [0.717, 1.165) is 5.69 Å². The van der Waals surface area contributed by atoms with Gasteiger partial charge in [-0.05, 0) is 12.1 Å². The molecule has 0 aliphatic heterocycles.